The number of hydrogen-bond acceptors (Lipinski definition) is 3. The maximum atomic E-state index is 11.8. The van der Waals surface area contributed by atoms with E-state index < -0.39 is 6.10 Å². The third-order valence-electron chi connectivity index (χ3n) is 2.55. The number of ketones is 1. The Labute approximate surface area is 99.8 Å². The van der Waals surface area contributed by atoms with Gasteiger partial charge >= 0.3 is 0 Å². The van der Waals surface area contributed by atoms with Crippen molar-refractivity contribution >= 4 is 5.78 Å². The van der Waals surface area contributed by atoms with Crippen LogP contribution in [0.4, 0.5) is 0 Å². The van der Waals surface area contributed by atoms with Crippen LogP contribution in [0.25, 0.3) is 0 Å². The van der Waals surface area contributed by atoms with Crippen LogP contribution in [0.2, 0.25) is 0 Å². The lowest BCUT2D eigenvalue weighted by atomic mass is 10.0. The van der Waals surface area contributed by atoms with Crippen LogP contribution in [0.1, 0.15) is 17.2 Å². The van der Waals surface area contributed by atoms with Crippen LogP contribution < -0.4 is 0 Å². The standard InChI is InChI=1S/C14H13NO2/c16-13(10-11-6-8-15-9-7-11)14(17)12-4-2-1-3-5-12/h1-9,14,17H,10H2. The first-order valence-electron chi connectivity index (χ1n) is 5.42. The SMILES string of the molecule is O=C(Cc1ccncc1)C(O)c1ccccc1. The highest BCUT2D eigenvalue weighted by atomic mass is 16.3. The molecule has 86 valence electrons. The van der Waals surface area contributed by atoms with Gasteiger partial charge in [-0.2, -0.15) is 0 Å². The lowest BCUT2D eigenvalue weighted by Gasteiger charge is -2.09. The van der Waals surface area contributed by atoms with Gasteiger partial charge in [0.1, 0.15) is 6.10 Å². The summed E-state index contributed by atoms with van der Waals surface area (Å²) in [6, 6.07) is 12.5. The van der Waals surface area contributed by atoms with Crippen molar-refractivity contribution in [2.45, 2.75) is 12.5 Å². The summed E-state index contributed by atoms with van der Waals surface area (Å²) in [5.41, 5.74) is 1.49. The summed E-state index contributed by atoms with van der Waals surface area (Å²) in [7, 11) is 0. The van der Waals surface area contributed by atoms with E-state index in [0.29, 0.717) is 5.56 Å². The molecule has 1 heterocycles. The average molecular weight is 227 g/mol. The van der Waals surface area contributed by atoms with Crippen LogP contribution in [0, 0.1) is 0 Å². The minimum Gasteiger partial charge on any atom is -0.381 e. The van der Waals surface area contributed by atoms with E-state index in [1.165, 1.54) is 0 Å². The number of aliphatic hydroxyl groups is 1. The van der Waals surface area contributed by atoms with Crippen LogP contribution in [0.3, 0.4) is 0 Å². The second-order valence-corrected chi connectivity index (χ2v) is 3.81. The maximum Gasteiger partial charge on any atom is 0.170 e. The van der Waals surface area contributed by atoms with Gasteiger partial charge in [0.2, 0.25) is 0 Å². The summed E-state index contributed by atoms with van der Waals surface area (Å²) in [6.07, 6.45) is 2.44. The third kappa shape index (κ3) is 2.98. The molecule has 0 bridgehead atoms. The summed E-state index contributed by atoms with van der Waals surface area (Å²) in [5.74, 6) is -0.206. The fourth-order valence-electron chi connectivity index (χ4n) is 1.62. The Morgan fingerprint density at radius 1 is 1.12 bits per heavy atom. The van der Waals surface area contributed by atoms with E-state index in [1.807, 2.05) is 6.07 Å². The molecule has 1 aromatic heterocycles. The van der Waals surface area contributed by atoms with Gasteiger partial charge in [0.05, 0.1) is 0 Å². The predicted octanol–water partition coefficient (Wildman–Crippen LogP) is 1.93. The van der Waals surface area contributed by atoms with Crippen LogP contribution in [0.15, 0.2) is 54.9 Å². The molecule has 0 saturated heterocycles. The number of Topliss-reactive ketones (excluding diaryl/α,β-unsaturated/α-hetero) is 1. The van der Waals surface area contributed by atoms with Crippen molar-refractivity contribution in [3.8, 4) is 0 Å². The Hall–Kier alpha value is -2.00. The topological polar surface area (TPSA) is 50.2 Å². The summed E-state index contributed by atoms with van der Waals surface area (Å²) in [5, 5.41) is 9.89. The molecular formula is C14H13NO2. The fourth-order valence-corrected chi connectivity index (χ4v) is 1.62. The molecule has 1 N–H and O–H groups in total. The molecule has 0 spiro atoms. The number of rotatable bonds is 4. The quantitative estimate of drug-likeness (QED) is 0.868. The number of carbonyl (C=O) groups excluding carboxylic acids is 1. The zero-order chi connectivity index (χ0) is 12.1. The van der Waals surface area contributed by atoms with Gasteiger partial charge in [0.15, 0.2) is 5.78 Å². The number of nitrogens with zero attached hydrogens (tertiary/aromatic N) is 1. The molecule has 3 nitrogen and oxygen atoms in total. The number of aliphatic hydroxyl groups excluding tert-OH is 1. The first-order chi connectivity index (χ1) is 8.27. The van der Waals surface area contributed by atoms with E-state index in [4.69, 9.17) is 0 Å². The molecule has 17 heavy (non-hydrogen) atoms. The van der Waals surface area contributed by atoms with Gasteiger partial charge in [-0.25, -0.2) is 0 Å². The molecule has 3 heteroatoms. The average Bonchev–Trinajstić information content (AvgIpc) is 2.40. The van der Waals surface area contributed by atoms with Crippen molar-refractivity contribution in [2.75, 3.05) is 0 Å². The fraction of sp³-hybridized carbons (Fsp3) is 0.143. The molecular weight excluding hydrogens is 214 g/mol. The highest BCUT2D eigenvalue weighted by molar-refractivity contribution is 5.86. The smallest absolute Gasteiger partial charge is 0.170 e. The molecule has 2 rings (SSSR count). The molecule has 0 fully saturated rings. The molecule has 0 aliphatic rings. The molecule has 0 saturated carbocycles. The van der Waals surface area contributed by atoms with Crippen molar-refractivity contribution in [3.05, 3.63) is 66.0 Å². The van der Waals surface area contributed by atoms with E-state index >= 15 is 0 Å². The van der Waals surface area contributed by atoms with E-state index in [9.17, 15) is 9.90 Å². The summed E-state index contributed by atoms with van der Waals surface area (Å²) in [6.45, 7) is 0. The molecule has 0 amide bonds. The Morgan fingerprint density at radius 2 is 1.76 bits per heavy atom. The van der Waals surface area contributed by atoms with Crippen molar-refractivity contribution in [3.63, 3.8) is 0 Å². The highest BCUT2D eigenvalue weighted by Gasteiger charge is 2.16. The van der Waals surface area contributed by atoms with Gasteiger partial charge in [-0.3, -0.25) is 9.78 Å². The summed E-state index contributed by atoms with van der Waals surface area (Å²) < 4.78 is 0. The van der Waals surface area contributed by atoms with Crippen molar-refractivity contribution in [1.29, 1.82) is 0 Å². The number of pyridine rings is 1. The second-order valence-electron chi connectivity index (χ2n) is 3.81. The second kappa shape index (κ2) is 5.37. The molecule has 0 radical (unpaired) electrons. The normalized spacial score (nSPS) is 12.1. The van der Waals surface area contributed by atoms with E-state index in [-0.39, 0.29) is 12.2 Å². The Morgan fingerprint density at radius 3 is 2.41 bits per heavy atom. The monoisotopic (exact) mass is 227 g/mol. The number of aromatic nitrogens is 1. The van der Waals surface area contributed by atoms with Crippen LogP contribution in [-0.4, -0.2) is 15.9 Å². The highest BCUT2D eigenvalue weighted by Crippen LogP contribution is 2.15. The third-order valence-corrected chi connectivity index (χ3v) is 2.55. The van der Waals surface area contributed by atoms with Crippen LogP contribution in [0.5, 0.6) is 0 Å². The van der Waals surface area contributed by atoms with E-state index in [0.717, 1.165) is 5.56 Å². The van der Waals surface area contributed by atoms with Gasteiger partial charge < -0.3 is 5.11 Å². The number of carbonyl (C=O) groups is 1. The minimum atomic E-state index is -1.05. The summed E-state index contributed by atoms with van der Waals surface area (Å²) in [4.78, 5) is 15.7. The van der Waals surface area contributed by atoms with Gasteiger partial charge in [0.25, 0.3) is 0 Å². The Bertz CT molecular complexity index is 482. The van der Waals surface area contributed by atoms with Crippen LogP contribution >= 0.6 is 0 Å². The first-order valence-corrected chi connectivity index (χ1v) is 5.42. The molecule has 1 unspecified atom stereocenters. The maximum absolute atomic E-state index is 11.8. The van der Waals surface area contributed by atoms with Gasteiger partial charge in [-0.1, -0.05) is 30.3 Å². The predicted molar refractivity (Wildman–Crippen MR) is 64.3 cm³/mol. The van der Waals surface area contributed by atoms with Crippen LogP contribution in [-0.2, 0) is 11.2 Å². The lowest BCUT2D eigenvalue weighted by molar-refractivity contribution is -0.126. The minimum absolute atomic E-state index is 0.206. The lowest BCUT2D eigenvalue weighted by Crippen LogP contribution is -2.14. The van der Waals surface area contributed by atoms with Crippen molar-refractivity contribution in [1.82, 2.24) is 4.98 Å². The number of benzene rings is 1. The number of hydrogen-bond donors (Lipinski definition) is 1. The van der Waals surface area contributed by atoms with Gasteiger partial charge in [-0.05, 0) is 23.3 Å². The Kier molecular flexibility index (Phi) is 3.62. The summed E-state index contributed by atoms with van der Waals surface area (Å²) >= 11 is 0. The molecule has 1 aromatic carbocycles. The van der Waals surface area contributed by atoms with Crippen molar-refractivity contribution < 1.29 is 9.90 Å². The largest absolute Gasteiger partial charge is 0.381 e. The zero-order valence-electron chi connectivity index (χ0n) is 9.28. The molecule has 2 aromatic rings. The van der Waals surface area contributed by atoms with Crippen molar-refractivity contribution in [2.24, 2.45) is 0 Å². The first kappa shape index (κ1) is 11.5. The molecule has 0 aliphatic heterocycles. The van der Waals surface area contributed by atoms with Gasteiger partial charge in [-0.15, -0.1) is 0 Å². The van der Waals surface area contributed by atoms with Gasteiger partial charge in [0, 0.05) is 18.8 Å². The zero-order valence-corrected chi connectivity index (χ0v) is 9.28. The van der Waals surface area contributed by atoms with E-state index in [1.54, 1.807) is 48.8 Å². The molecule has 1 atom stereocenters. The molecule has 0 aliphatic carbocycles. The van der Waals surface area contributed by atoms with E-state index in [2.05, 4.69) is 4.98 Å². The Balaban J connectivity index is 2.06.